The van der Waals surface area contributed by atoms with Gasteiger partial charge in [0.15, 0.2) is 6.23 Å². The molecule has 1 aliphatic heterocycles. The fraction of sp³-hybridized carbons (Fsp3) is 0.545. The Bertz CT molecular complexity index is 1050. The Labute approximate surface area is 177 Å². The minimum absolute atomic E-state index is 0.101. The Morgan fingerprint density at radius 1 is 1.16 bits per heavy atom. The van der Waals surface area contributed by atoms with Crippen LogP contribution >= 0.6 is 23.5 Å². The molecule has 2 rings (SSSR count). The summed E-state index contributed by atoms with van der Waals surface area (Å²) < 4.78 is 51.0. The van der Waals surface area contributed by atoms with Crippen LogP contribution in [-0.2, 0) is 36.4 Å². The number of phosphoric ester groups is 1. The molecule has 1 aromatic rings. The first-order valence-electron chi connectivity index (χ1n) is 8.16. The van der Waals surface area contributed by atoms with E-state index in [4.69, 9.17) is 19.4 Å². The minimum atomic E-state index is -5.74. The second kappa shape index (κ2) is 9.87. The number of rotatable bonds is 9. The molecule has 1 aliphatic rings. The summed E-state index contributed by atoms with van der Waals surface area (Å²) in [5.41, 5.74) is -0.999. The molecule has 0 radical (unpaired) electrons. The van der Waals surface area contributed by atoms with Crippen molar-refractivity contribution >= 4 is 35.2 Å². The van der Waals surface area contributed by atoms with Crippen molar-refractivity contribution in [1.82, 2.24) is 9.55 Å². The molecule has 1 amide bonds. The molecule has 32 heavy (non-hydrogen) atoms. The van der Waals surface area contributed by atoms with Crippen molar-refractivity contribution in [2.45, 2.75) is 31.5 Å². The van der Waals surface area contributed by atoms with Crippen LogP contribution in [0.5, 0.6) is 0 Å². The minimum Gasteiger partial charge on any atom is -0.387 e. The van der Waals surface area contributed by atoms with Crippen LogP contribution in [0.4, 0.5) is 5.82 Å². The lowest BCUT2D eigenvalue weighted by atomic mass is 10.1. The van der Waals surface area contributed by atoms with Crippen molar-refractivity contribution in [1.29, 1.82) is 0 Å². The predicted octanol–water partition coefficient (Wildman–Crippen LogP) is -1.84. The van der Waals surface area contributed by atoms with Gasteiger partial charge in [0, 0.05) is 13.1 Å². The Hall–Kier alpha value is -1.36. The number of carbonyl (C=O) groups excluding carboxylic acids is 1. The maximum absolute atomic E-state index is 12.1. The third kappa shape index (κ3) is 7.60. The highest BCUT2D eigenvalue weighted by atomic mass is 31.3. The van der Waals surface area contributed by atoms with Gasteiger partial charge in [-0.3, -0.25) is 13.9 Å². The summed E-state index contributed by atoms with van der Waals surface area (Å²) >= 11 is 0. The monoisotopic (exact) mass is 525 g/mol. The maximum Gasteiger partial charge on any atom is 0.490 e. The largest absolute Gasteiger partial charge is 0.490 e. The first-order chi connectivity index (χ1) is 14.5. The molecule has 21 heteroatoms. The van der Waals surface area contributed by atoms with Gasteiger partial charge >= 0.3 is 29.2 Å². The van der Waals surface area contributed by atoms with Crippen LogP contribution in [0, 0.1) is 0 Å². The molecule has 2 heterocycles. The van der Waals surface area contributed by atoms with Gasteiger partial charge < -0.3 is 39.8 Å². The predicted molar refractivity (Wildman–Crippen MR) is 98.5 cm³/mol. The average molecular weight is 525 g/mol. The SMILES string of the molecule is CC(=O)Nc1ccn([C@@H]2O[C@H](COP(=O)(O)OP(=O)(O)OP(=O)(O)O)C(O)C2O)c(=O)n1. The van der Waals surface area contributed by atoms with Crippen molar-refractivity contribution in [3.63, 3.8) is 0 Å². The zero-order chi connectivity index (χ0) is 24.5. The van der Waals surface area contributed by atoms with Crippen molar-refractivity contribution in [2.24, 2.45) is 0 Å². The van der Waals surface area contributed by atoms with E-state index < -0.39 is 66.2 Å². The number of aliphatic hydroxyl groups excluding tert-OH is 2. The molecule has 1 aromatic heterocycles. The van der Waals surface area contributed by atoms with Gasteiger partial charge in [-0.25, -0.2) is 18.5 Å². The van der Waals surface area contributed by atoms with E-state index >= 15 is 0 Å². The third-order valence-corrected chi connectivity index (χ3v) is 7.37. The summed E-state index contributed by atoms with van der Waals surface area (Å²) in [6, 6.07) is 1.19. The smallest absolute Gasteiger partial charge is 0.387 e. The number of nitrogens with one attached hydrogen (secondary N) is 1. The van der Waals surface area contributed by atoms with Gasteiger partial charge in [0.05, 0.1) is 6.61 Å². The lowest BCUT2D eigenvalue weighted by Crippen LogP contribution is -2.36. The van der Waals surface area contributed by atoms with Crippen LogP contribution in [-0.4, -0.2) is 70.2 Å². The van der Waals surface area contributed by atoms with Crippen LogP contribution in [0.25, 0.3) is 0 Å². The van der Waals surface area contributed by atoms with Gasteiger partial charge in [-0.15, -0.1) is 0 Å². The number of nitrogens with zero attached hydrogens (tertiary/aromatic N) is 2. The van der Waals surface area contributed by atoms with Crippen LogP contribution in [0.1, 0.15) is 13.2 Å². The van der Waals surface area contributed by atoms with Crippen molar-refractivity contribution < 1.29 is 66.2 Å². The summed E-state index contributed by atoms with van der Waals surface area (Å²) in [6.07, 6.45) is -5.62. The molecular formula is C11H18N3O15P3. The fourth-order valence-electron chi connectivity index (χ4n) is 2.42. The van der Waals surface area contributed by atoms with E-state index in [9.17, 15) is 38.4 Å². The van der Waals surface area contributed by atoms with E-state index in [-0.39, 0.29) is 5.82 Å². The number of aromatic nitrogens is 2. The number of phosphoric acid groups is 3. The normalized spacial score (nSPS) is 27.5. The summed E-state index contributed by atoms with van der Waals surface area (Å²) in [6.45, 7) is 0.125. The summed E-state index contributed by atoms with van der Waals surface area (Å²) in [5, 5.41) is 22.4. The highest BCUT2D eigenvalue weighted by molar-refractivity contribution is 7.66. The molecule has 6 atom stereocenters. The highest BCUT2D eigenvalue weighted by Gasteiger charge is 2.46. The quantitative estimate of drug-likeness (QED) is 0.175. The fourth-order valence-corrected chi connectivity index (χ4v) is 5.45. The van der Waals surface area contributed by atoms with Crippen molar-refractivity contribution in [3.05, 3.63) is 22.7 Å². The summed E-state index contributed by atoms with van der Waals surface area (Å²) in [7, 11) is -16.8. The number of carbonyl (C=O) groups is 1. The standard InChI is InChI=1S/C11H18N3O15P3/c1-5(15)12-7-2-3-14(11(18)13-7)10-9(17)8(16)6(27-10)4-26-31(22,23)29-32(24,25)28-30(19,20)21/h2-3,6,8-10,16-17H,4H2,1H3,(H,22,23)(H,24,25)(H2,19,20,21)(H,12,13,15,18)/t6-,8?,9?,10-/m1/s1. The second-order valence-electron chi connectivity index (χ2n) is 6.12. The number of amides is 1. The molecule has 1 fully saturated rings. The zero-order valence-corrected chi connectivity index (χ0v) is 18.4. The lowest BCUT2D eigenvalue weighted by molar-refractivity contribution is -0.114. The van der Waals surface area contributed by atoms with Gasteiger partial charge in [-0.1, -0.05) is 0 Å². The molecule has 0 saturated carbocycles. The Morgan fingerprint density at radius 2 is 1.78 bits per heavy atom. The first kappa shape index (κ1) is 26.9. The van der Waals surface area contributed by atoms with Crippen LogP contribution in [0.3, 0.4) is 0 Å². The Kier molecular flexibility index (Phi) is 8.29. The van der Waals surface area contributed by atoms with Gasteiger partial charge in [-0.05, 0) is 6.07 Å². The van der Waals surface area contributed by atoms with E-state index in [1.165, 1.54) is 13.0 Å². The summed E-state index contributed by atoms with van der Waals surface area (Å²) in [5.74, 6) is -0.607. The molecule has 4 unspecified atom stereocenters. The van der Waals surface area contributed by atoms with Gasteiger partial charge in [0.2, 0.25) is 5.91 Å². The van der Waals surface area contributed by atoms with Crippen LogP contribution in [0.2, 0.25) is 0 Å². The van der Waals surface area contributed by atoms with E-state index in [0.29, 0.717) is 0 Å². The van der Waals surface area contributed by atoms with Gasteiger partial charge in [-0.2, -0.15) is 13.6 Å². The number of hydrogen-bond acceptors (Lipinski definition) is 12. The highest BCUT2D eigenvalue weighted by Crippen LogP contribution is 2.66. The van der Waals surface area contributed by atoms with E-state index in [0.717, 1.165) is 10.8 Å². The summed E-state index contributed by atoms with van der Waals surface area (Å²) in [4.78, 5) is 62.1. The molecule has 182 valence electrons. The topological polar surface area (TPSA) is 273 Å². The van der Waals surface area contributed by atoms with E-state index in [1.807, 2.05) is 0 Å². The maximum atomic E-state index is 12.1. The molecule has 0 aliphatic carbocycles. The molecule has 18 nitrogen and oxygen atoms in total. The molecule has 0 bridgehead atoms. The number of aliphatic hydroxyl groups is 2. The Morgan fingerprint density at radius 3 is 2.31 bits per heavy atom. The molecule has 0 aromatic carbocycles. The van der Waals surface area contributed by atoms with E-state index in [1.54, 1.807) is 0 Å². The van der Waals surface area contributed by atoms with Crippen LogP contribution < -0.4 is 11.0 Å². The number of anilines is 1. The molecular weight excluding hydrogens is 507 g/mol. The molecule has 1 saturated heterocycles. The van der Waals surface area contributed by atoms with Crippen LogP contribution in [0.15, 0.2) is 17.1 Å². The van der Waals surface area contributed by atoms with Crippen molar-refractivity contribution in [3.8, 4) is 0 Å². The third-order valence-electron chi connectivity index (χ3n) is 3.56. The molecule has 7 N–H and O–H groups in total. The lowest BCUT2D eigenvalue weighted by Gasteiger charge is -2.19. The van der Waals surface area contributed by atoms with Gasteiger partial charge in [0.1, 0.15) is 24.1 Å². The van der Waals surface area contributed by atoms with Gasteiger partial charge in [0.25, 0.3) is 0 Å². The van der Waals surface area contributed by atoms with E-state index in [2.05, 4.69) is 23.4 Å². The zero-order valence-electron chi connectivity index (χ0n) is 15.8. The second-order valence-corrected chi connectivity index (χ2v) is 10.5. The number of ether oxygens (including phenoxy) is 1. The Balaban J connectivity index is 2.07. The molecule has 0 spiro atoms. The van der Waals surface area contributed by atoms with Crippen molar-refractivity contribution in [2.75, 3.05) is 11.9 Å². The first-order valence-corrected chi connectivity index (χ1v) is 12.7. The number of hydrogen-bond donors (Lipinski definition) is 7. The average Bonchev–Trinajstić information content (AvgIpc) is 2.85.